The smallest absolute Gasteiger partial charge is 0.0434 e. The molecule has 1 heterocycles. The molecule has 0 spiro atoms. The minimum absolute atomic E-state index is 0.314. The Balaban J connectivity index is 2.42. The summed E-state index contributed by atoms with van der Waals surface area (Å²) in [7, 11) is 0. The SMILES string of the molecule is CCC(CC)(CN)CN1CCC(CCO)C1. The van der Waals surface area contributed by atoms with E-state index in [9.17, 15) is 0 Å². The summed E-state index contributed by atoms with van der Waals surface area (Å²) in [4.78, 5) is 2.54. The van der Waals surface area contributed by atoms with Gasteiger partial charge in [0, 0.05) is 19.7 Å². The van der Waals surface area contributed by atoms with E-state index < -0.39 is 0 Å². The van der Waals surface area contributed by atoms with Crippen LogP contribution in [0.25, 0.3) is 0 Å². The highest BCUT2D eigenvalue weighted by molar-refractivity contribution is 4.85. The Hall–Kier alpha value is -0.120. The van der Waals surface area contributed by atoms with Gasteiger partial charge in [0.15, 0.2) is 0 Å². The summed E-state index contributed by atoms with van der Waals surface area (Å²) in [6, 6.07) is 0. The molecule has 96 valence electrons. The highest BCUT2D eigenvalue weighted by Crippen LogP contribution is 2.29. The highest BCUT2D eigenvalue weighted by Gasteiger charge is 2.30. The molecule has 3 nitrogen and oxygen atoms in total. The average molecular weight is 228 g/mol. The fraction of sp³-hybridized carbons (Fsp3) is 1.00. The van der Waals surface area contributed by atoms with Gasteiger partial charge in [-0.25, -0.2) is 0 Å². The van der Waals surface area contributed by atoms with Crippen molar-refractivity contribution in [2.75, 3.05) is 32.8 Å². The molecule has 0 aliphatic carbocycles. The Kier molecular flexibility index (Phi) is 5.73. The summed E-state index contributed by atoms with van der Waals surface area (Å²) in [6.45, 7) is 9.10. The van der Waals surface area contributed by atoms with E-state index in [1.165, 1.54) is 25.8 Å². The minimum atomic E-state index is 0.314. The molecule has 1 aliphatic rings. The van der Waals surface area contributed by atoms with Crippen LogP contribution in [0.3, 0.4) is 0 Å². The molecule has 0 aromatic carbocycles. The van der Waals surface area contributed by atoms with E-state index >= 15 is 0 Å². The van der Waals surface area contributed by atoms with E-state index in [0.717, 1.165) is 26.1 Å². The van der Waals surface area contributed by atoms with Crippen molar-refractivity contribution in [1.82, 2.24) is 4.90 Å². The van der Waals surface area contributed by atoms with Gasteiger partial charge in [0.2, 0.25) is 0 Å². The Labute approximate surface area is 100 Å². The van der Waals surface area contributed by atoms with E-state index in [-0.39, 0.29) is 0 Å². The van der Waals surface area contributed by atoms with Crippen LogP contribution in [0, 0.1) is 11.3 Å². The van der Waals surface area contributed by atoms with Gasteiger partial charge in [-0.15, -0.1) is 0 Å². The number of nitrogens with zero attached hydrogens (tertiary/aromatic N) is 1. The molecule has 0 aromatic rings. The lowest BCUT2D eigenvalue weighted by molar-refractivity contribution is 0.160. The molecule has 16 heavy (non-hydrogen) atoms. The van der Waals surface area contributed by atoms with Crippen LogP contribution in [0.4, 0.5) is 0 Å². The van der Waals surface area contributed by atoms with Crippen LogP contribution >= 0.6 is 0 Å². The topological polar surface area (TPSA) is 49.5 Å². The van der Waals surface area contributed by atoms with Gasteiger partial charge in [-0.1, -0.05) is 13.8 Å². The third-order valence-electron chi connectivity index (χ3n) is 4.40. The standard InChI is InChI=1S/C13H28N2O/c1-3-13(4-2,10-14)11-15-7-5-12(9-15)6-8-16/h12,16H,3-11,14H2,1-2H3. The second kappa shape index (κ2) is 6.58. The number of nitrogens with two attached hydrogens (primary N) is 1. The van der Waals surface area contributed by atoms with Crippen LogP contribution in [0.1, 0.15) is 39.5 Å². The number of rotatable bonds is 7. The lowest BCUT2D eigenvalue weighted by atomic mass is 9.82. The summed E-state index contributed by atoms with van der Waals surface area (Å²) < 4.78 is 0. The van der Waals surface area contributed by atoms with Crippen molar-refractivity contribution >= 4 is 0 Å². The Bertz CT molecular complexity index is 184. The van der Waals surface area contributed by atoms with Gasteiger partial charge in [-0.05, 0) is 50.1 Å². The summed E-state index contributed by atoms with van der Waals surface area (Å²) in [6.07, 6.45) is 4.54. The van der Waals surface area contributed by atoms with Crippen LogP contribution < -0.4 is 5.73 Å². The van der Waals surface area contributed by atoms with Gasteiger partial charge < -0.3 is 15.7 Å². The first-order chi connectivity index (χ1) is 7.69. The third kappa shape index (κ3) is 3.44. The van der Waals surface area contributed by atoms with Gasteiger partial charge in [-0.3, -0.25) is 0 Å². The number of likely N-dealkylation sites (tertiary alicyclic amines) is 1. The van der Waals surface area contributed by atoms with Crippen molar-refractivity contribution in [3.63, 3.8) is 0 Å². The summed E-state index contributed by atoms with van der Waals surface area (Å²) in [5.41, 5.74) is 6.25. The maximum Gasteiger partial charge on any atom is 0.0434 e. The predicted molar refractivity (Wildman–Crippen MR) is 68.3 cm³/mol. The summed E-state index contributed by atoms with van der Waals surface area (Å²) in [5, 5.41) is 8.95. The number of aliphatic hydroxyl groups is 1. The van der Waals surface area contributed by atoms with Crippen molar-refractivity contribution < 1.29 is 5.11 Å². The lowest BCUT2D eigenvalue weighted by Gasteiger charge is -2.34. The monoisotopic (exact) mass is 228 g/mol. The Morgan fingerprint density at radius 1 is 1.38 bits per heavy atom. The molecule has 1 rings (SSSR count). The third-order valence-corrected chi connectivity index (χ3v) is 4.40. The molecule has 1 fully saturated rings. The zero-order chi connectivity index (χ0) is 12.0. The first-order valence-corrected chi connectivity index (χ1v) is 6.73. The van der Waals surface area contributed by atoms with E-state index in [2.05, 4.69) is 18.7 Å². The van der Waals surface area contributed by atoms with Crippen LogP contribution in [-0.4, -0.2) is 42.8 Å². The van der Waals surface area contributed by atoms with Crippen molar-refractivity contribution in [3.05, 3.63) is 0 Å². The average Bonchev–Trinajstić information content (AvgIpc) is 2.74. The normalized spacial score (nSPS) is 22.9. The summed E-state index contributed by atoms with van der Waals surface area (Å²) in [5.74, 6) is 0.703. The zero-order valence-electron chi connectivity index (χ0n) is 10.9. The Morgan fingerprint density at radius 3 is 2.56 bits per heavy atom. The van der Waals surface area contributed by atoms with E-state index in [0.29, 0.717) is 17.9 Å². The minimum Gasteiger partial charge on any atom is -0.396 e. The fourth-order valence-electron chi connectivity index (χ4n) is 2.78. The second-order valence-corrected chi connectivity index (χ2v) is 5.31. The first kappa shape index (κ1) is 13.9. The molecular weight excluding hydrogens is 200 g/mol. The molecule has 1 saturated heterocycles. The van der Waals surface area contributed by atoms with Gasteiger partial charge >= 0.3 is 0 Å². The number of aliphatic hydroxyl groups excluding tert-OH is 1. The van der Waals surface area contributed by atoms with Crippen LogP contribution in [0.15, 0.2) is 0 Å². The Morgan fingerprint density at radius 2 is 2.06 bits per heavy atom. The van der Waals surface area contributed by atoms with Gasteiger partial charge in [-0.2, -0.15) is 0 Å². The lowest BCUT2D eigenvalue weighted by Crippen LogP contribution is -2.41. The molecule has 0 amide bonds. The largest absolute Gasteiger partial charge is 0.396 e. The maximum atomic E-state index is 8.95. The van der Waals surface area contributed by atoms with Gasteiger partial charge in [0.05, 0.1) is 0 Å². The molecular formula is C13H28N2O. The predicted octanol–water partition coefficient (Wildman–Crippen LogP) is 1.46. The zero-order valence-corrected chi connectivity index (χ0v) is 10.9. The molecule has 1 aliphatic heterocycles. The number of hydrogen-bond donors (Lipinski definition) is 2. The van der Waals surface area contributed by atoms with Crippen LogP contribution in [-0.2, 0) is 0 Å². The van der Waals surface area contributed by atoms with Crippen molar-refractivity contribution in [2.24, 2.45) is 17.1 Å². The van der Waals surface area contributed by atoms with E-state index in [1.54, 1.807) is 0 Å². The van der Waals surface area contributed by atoms with Gasteiger partial charge in [0.25, 0.3) is 0 Å². The van der Waals surface area contributed by atoms with Crippen molar-refractivity contribution in [2.45, 2.75) is 39.5 Å². The fourth-order valence-corrected chi connectivity index (χ4v) is 2.78. The molecule has 3 N–H and O–H groups in total. The molecule has 1 atom stereocenters. The van der Waals surface area contributed by atoms with Crippen LogP contribution in [0.5, 0.6) is 0 Å². The quantitative estimate of drug-likeness (QED) is 0.693. The first-order valence-electron chi connectivity index (χ1n) is 6.73. The van der Waals surface area contributed by atoms with Crippen LogP contribution in [0.2, 0.25) is 0 Å². The molecule has 3 heteroatoms. The van der Waals surface area contributed by atoms with E-state index in [1.807, 2.05) is 0 Å². The maximum absolute atomic E-state index is 8.95. The molecule has 0 saturated carbocycles. The number of hydrogen-bond acceptors (Lipinski definition) is 3. The van der Waals surface area contributed by atoms with Gasteiger partial charge in [0.1, 0.15) is 0 Å². The van der Waals surface area contributed by atoms with Crippen molar-refractivity contribution in [3.8, 4) is 0 Å². The molecule has 0 radical (unpaired) electrons. The molecule has 0 aromatic heterocycles. The summed E-state index contributed by atoms with van der Waals surface area (Å²) >= 11 is 0. The highest BCUT2D eigenvalue weighted by atomic mass is 16.3. The van der Waals surface area contributed by atoms with E-state index in [4.69, 9.17) is 10.8 Å². The second-order valence-electron chi connectivity index (χ2n) is 5.31. The molecule has 1 unspecified atom stereocenters. The van der Waals surface area contributed by atoms with Crippen molar-refractivity contribution in [1.29, 1.82) is 0 Å². The molecule has 0 bridgehead atoms.